The van der Waals surface area contributed by atoms with E-state index in [1.807, 2.05) is 18.0 Å². The van der Waals surface area contributed by atoms with Gasteiger partial charge in [-0.1, -0.05) is 6.42 Å². The minimum Gasteiger partial charge on any atom is -0.384 e. The number of piperidine rings is 1. The molecule has 112 valence electrons. The second-order valence-electron chi connectivity index (χ2n) is 6.74. The van der Waals surface area contributed by atoms with E-state index in [2.05, 4.69) is 23.1 Å². The normalized spacial score (nSPS) is 26.4. The summed E-state index contributed by atoms with van der Waals surface area (Å²) < 4.78 is 7.51. The van der Waals surface area contributed by atoms with Crippen molar-refractivity contribution in [2.45, 2.75) is 38.0 Å². The molecule has 1 saturated heterocycles. The van der Waals surface area contributed by atoms with Crippen LogP contribution in [-0.4, -0.2) is 48.0 Å². The van der Waals surface area contributed by atoms with E-state index in [1.165, 1.54) is 57.4 Å². The first-order chi connectivity index (χ1) is 9.72. The Kier molecular flexibility index (Phi) is 4.13. The molecule has 2 heterocycles. The van der Waals surface area contributed by atoms with Crippen LogP contribution < -0.4 is 0 Å². The van der Waals surface area contributed by atoms with Crippen molar-refractivity contribution in [2.75, 3.05) is 33.4 Å². The molecule has 0 amide bonds. The maximum atomic E-state index is 5.47. The van der Waals surface area contributed by atoms with Crippen LogP contribution in [0.5, 0.6) is 0 Å². The topological polar surface area (TPSA) is 30.3 Å². The Hall–Kier alpha value is -0.870. The van der Waals surface area contributed by atoms with Crippen LogP contribution in [-0.2, 0) is 11.8 Å². The van der Waals surface area contributed by atoms with Gasteiger partial charge in [0.1, 0.15) is 0 Å². The van der Waals surface area contributed by atoms with Gasteiger partial charge < -0.3 is 9.64 Å². The largest absolute Gasteiger partial charge is 0.384 e. The number of aryl methyl sites for hydroxylation is 1. The summed E-state index contributed by atoms with van der Waals surface area (Å²) in [5.41, 5.74) is 1.84. The molecule has 1 aliphatic carbocycles. The molecular weight excluding hydrogens is 250 g/mol. The van der Waals surface area contributed by atoms with Crippen molar-refractivity contribution in [3.8, 4) is 0 Å². The molecule has 1 saturated carbocycles. The first-order valence-corrected chi connectivity index (χ1v) is 7.92. The van der Waals surface area contributed by atoms with Gasteiger partial charge in [0.05, 0.1) is 6.61 Å². The van der Waals surface area contributed by atoms with Gasteiger partial charge in [-0.2, -0.15) is 5.10 Å². The quantitative estimate of drug-likeness (QED) is 0.828. The van der Waals surface area contributed by atoms with E-state index < -0.39 is 0 Å². The van der Waals surface area contributed by atoms with Crippen LogP contribution in [0.25, 0.3) is 0 Å². The molecule has 3 rings (SSSR count). The lowest BCUT2D eigenvalue weighted by molar-refractivity contribution is -0.0172. The second kappa shape index (κ2) is 5.86. The molecule has 0 aromatic carbocycles. The fourth-order valence-electron chi connectivity index (χ4n) is 4.03. The molecule has 0 radical (unpaired) electrons. The van der Waals surface area contributed by atoms with Crippen molar-refractivity contribution in [2.24, 2.45) is 12.5 Å². The zero-order valence-electron chi connectivity index (χ0n) is 12.8. The van der Waals surface area contributed by atoms with Crippen molar-refractivity contribution in [3.05, 3.63) is 18.0 Å². The van der Waals surface area contributed by atoms with Gasteiger partial charge in [-0.15, -0.1) is 0 Å². The Bertz CT molecular complexity index is 439. The van der Waals surface area contributed by atoms with E-state index in [0.717, 1.165) is 6.61 Å². The molecule has 1 aliphatic heterocycles. The number of likely N-dealkylation sites (tertiary alicyclic amines) is 1. The Labute approximate surface area is 122 Å². The molecule has 4 nitrogen and oxygen atoms in total. The zero-order chi connectivity index (χ0) is 14.0. The predicted octanol–water partition coefficient (Wildman–Crippen LogP) is 2.42. The lowest BCUT2D eigenvalue weighted by Gasteiger charge is -2.46. The SMILES string of the molecule is COCC1(CN2CCCC(c3ccnn3C)C2)CCC1. The second-order valence-corrected chi connectivity index (χ2v) is 6.74. The van der Waals surface area contributed by atoms with Gasteiger partial charge in [0.25, 0.3) is 0 Å². The Morgan fingerprint density at radius 3 is 2.85 bits per heavy atom. The summed E-state index contributed by atoms with van der Waals surface area (Å²) in [6.45, 7) is 4.58. The summed E-state index contributed by atoms with van der Waals surface area (Å²) in [5, 5.41) is 4.33. The maximum Gasteiger partial charge on any atom is 0.0530 e. The van der Waals surface area contributed by atoms with Gasteiger partial charge in [-0.05, 0) is 38.3 Å². The van der Waals surface area contributed by atoms with Gasteiger partial charge >= 0.3 is 0 Å². The summed E-state index contributed by atoms with van der Waals surface area (Å²) in [7, 11) is 3.90. The first-order valence-electron chi connectivity index (χ1n) is 7.92. The number of methoxy groups -OCH3 is 1. The molecule has 4 heteroatoms. The molecule has 2 aliphatic rings. The van der Waals surface area contributed by atoms with Crippen LogP contribution >= 0.6 is 0 Å². The van der Waals surface area contributed by atoms with Crippen molar-refractivity contribution >= 4 is 0 Å². The van der Waals surface area contributed by atoms with Gasteiger partial charge in [0, 0.05) is 50.5 Å². The van der Waals surface area contributed by atoms with Crippen LogP contribution in [0.2, 0.25) is 0 Å². The average molecular weight is 277 g/mol. The molecule has 1 unspecified atom stereocenters. The third-order valence-corrected chi connectivity index (χ3v) is 5.21. The van der Waals surface area contributed by atoms with Crippen LogP contribution in [0.3, 0.4) is 0 Å². The van der Waals surface area contributed by atoms with E-state index in [9.17, 15) is 0 Å². The molecule has 20 heavy (non-hydrogen) atoms. The number of rotatable bonds is 5. The molecule has 0 bridgehead atoms. The number of nitrogens with zero attached hydrogens (tertiary/aromatic N) is 3. The average Bonchev–Trinajstić information content (AvgIpc) is 2.83. The fourth-order valence-corrected chi connectivity index (χ4v) is 4.03. The maximum absolute atomic E-state index is 5.47. The third-order valence-electron chi connectivity index (χ3n) is 5.21. The van der Waals surface area contributed by atoms with Crippen LogP contribution in [0, 0.1) is 5.41 Å². The van der Waals surface area contributed by atoms with Crippen molar-refractivity contribution in [1.29, 1.82) is 0 Å². The predicted molar refractivity (Wildman–Crippen MR) is 79.8 cm³/mol. The third kappa shape index (κ3) is 2.77. The first kappa shape index (κ1) is 14.1. The minimum atomic E-state index is 0.448. The zero-order valence-corrected chi connectivity index (χ0v) is 12.8. The van der Waals surface area contributed by atoms with Crippen LogP contribution in [0.1, 0.15) is 43.7 Å². The monoisotopic (exact) mass is 277 g/mol. The van der Waals surface area contributed by atoms with Gasteiger partial charge in [-0.25, -0.2) is 0 Å². The van der Waals surface area contributed by atoms with E-state index in [1.54, 1.807) is 0 Å². The number of ether oxygens (including phenoxy) is 1. The van der Waals surface area contributed by atoms with Gasteiger partial charge in [0.15, 0.2) is 0 Å². The summed E-state index contributed by atoms with van der Waals surface area (Å²) in [6, 6.07) is 2.18. The highest BCUT2D eigenvalue weighted by Crippen LogP contribution is 2.42. The van der Waals surface area contributed by atoms with Crippen LogP contribution in [0.15, 0.2) is 12.3 Å². The van der Waals surface area contributed by atoms with Crippen molar-refractivity contribution in [3.63, 3.8) is 0 Å². The Morgan fingerprint density at radius 2 is 2.25 bits per heavy atom. The van der Waals surface area contributed by atoms with Gasteiger partial charge in [0.2, 0.25) is 0 Å². The molecule has 0 N–H and O–H groups in total. The molecule has 2 fully saturated rings. The smallest absolute Gasteiger partial charge is 0.0530 e. The fraction of sp³-hybridized carbons (Fsp3) is 0.812. The highest BCUT2D eigenvalue weighted by atomic mass is 16.5. The number of hydrogen-bond donors (Lipinski definition) is 0. The molecule has 0 spiro atoms. The van der Waals surface area contributed by atoms with Gasteiger partial charge in [-0.3, -0.25) is 4.68 Å². The summed E-state index contributed by atoms with van der Waals surface area (Å²) in [4.78, 5) is 2.67. The highest BCUT2D eigenvalue weighted by molar-refractivity contribution is 5.09. The molecule has 1 aromatic rings. The minimum absolute atomic E-state index is 0.448. The molecule has 1 aromatic heterocycles. The number of aromatic nitrogens is 2. The Balaban J connectivity index is 1.62. The van der Waals surface area contributed by atoms with E-state index in [0.29, 0.717) is 11.3 Å². The van der Waals surface area contributed by atoms with Crippen molar-refractivity contribution < 1.29 is 4.74 Å². The van der Waals surface area contributed by atoms with E-state index in [4.69, 9.17) is 4.74 Å². The lowest BCUT2D eigenvalue weighted by Crippen LogP contribution is -2.48. The number of hydrogen-bond acceptors (Lipinski definition) is 3. The summed E-state index contributed by atoms with van der Waals surface area (Å²) in [6.07, 6.45) is 8.59. The van der Waals surface area contributed by atoms with E-state index in [-0.39, 0.29) is 0 Å². The molecular formula is C16H27N3O. The lowest BCUT2D eigenvalue weighted by atomic mass is 9.68. The Morgan fingerprint density at radius 1 is 1.40 bits per heavy atom. The van der Waals surface area contributed by atoms with E-state index >= 15 is 0 Å². The highest BCUT2D eigenvalue weighted by Gasteiger charge is 2.39. The standard InChI is InChI=1S/C16H27N3O/c1-18-15(6-9-17-18)14-5-3-10-19(11-14)12-16(13-20-2)7-4-8-16/h6,9,14H,3-5,7-8,10-13H2,1-2H3. The summed E-state index contributed by atoms with van der Waals surface area (Å²) >= 11 is 0. The molecule has 1 atom stereocenters. The van der Waals surface area contributed by atoms with Crippen molar-refractivity contribution in [1.82, 2.24) is 14.7 Å². The summed E-state index contributed by atoms with van der Waals surface area (Å²) in [5.74, 6) is 0.649. The van der Waals surface area contributed by atoms with Crippen LogP contribution in [0.4, 0.5) is 0 Å².